The Bertz CT molecular complexity index is 623. The summed E-state index contributed by atoms with van der Waals surface area (Å²) in [6.07, 6.45) is 0. The lowest BCUT2D eigenvalue weighted by atomic mass is 9.94. The Labute approximate surface area is 124 Å². The fourth-order valence-corrected chi connectivity index (χ4v) is 2.52. The quantitative estimate of drug-likeness (QED) is 0.847. The Morgan fingerprint density at radius 2 is 1.80 bits per heavy atom. The van der Waals surface area contributed by atoms with E-state index in [0.29, 0.717) is 6.54 Å². The van der Waals surface area contributed by atoms with Crippen molar-refractivity contribution in [1.82, 2.24) is 5.32 Å². The molecule has 1 nitrogen and oxygen atoms in total. The van der Waals surface area contributed by atoms with Crippen LogP contribution in [0.1, 0.15) is 23.6 Å². The van der Waals surface area contributed by atoms with Crippen molar-refractivity contribution < 1.29 is 4.39 Å². The van der Waals surface area contributed by atoms with Gasteiger partial charge in [0.2, 0.25) is 0 Å². The van der Waals surface area contributed by atoms with Crippen LogP contribution in [0, 0.1) is 19.7 Å². The summed E-state index contributed by atoms with van der Waals surface area (Å²) in [6.45, 7) is 7.57. The SMILES string of the molecule is CCNCc1cc(F)ccc1-c1cc(C)c(Cl)cc1C. The minimum atomic E-state index is -0.204. The first-order chi connectivity index (χ1) is 9.52. The molecule has 106 valence electrons. The van der Waals surface area contributed by atoms with Crippen molar-refractivity contribution >= 4 is 11.6 Å². The molecule has 20 heavy (non-hydrogen) atoms. The Kier molecular flexibility index (Phi) is 4.79. The molecule has 0 saturated carbocycles. The molecule has 2 aromatic carbocycles. The number of benzene rings is 2. The second-order valence-corrected chi connectivity index (χ2v) is 5.41. The number of nitrogens with one attached hydrogen (secondary N) is 1. The van der Waals surface area contributed by atoms with Gasteiger partial charge in [0.1, 0.15) is 5.82 Å². The number of hydrogen-bond donors (Lipinski definition) is 1. The van der Waals surface area contributed by atoms with E-state index in [4.69, 9.17) is 11.6 Å². The van der Waals surface area contributed by atoms with Gasteiger partial charge in [0.25, 0.3) is 0 Å². The lowest BCUT2D eigenvalue weighted by molar-refractivity contribution is 0.622. The van der Waals surface area contributed by atoms with Crippen LogP contribution in [0.4, 0.5) is 4.39 Å². The zero-order chi connectivity index (χ0) is 14.7. The van der Waals surface area contributed by atoms with Gasteiger partial charge in [-0.25, -0.2) is 4.39 Å². The third-order valence-corrected chi connectivity index (χ3v) is 3.84. The average molecular weight is 292 g/mol. The molecule has 0 atom stereocenters. The van der Waals surface area contributed by atoms with Crippen LogP contribution in [0.2, 0.25) is 5.02 Å². The first-order valence-corrected chi connectivity index (χ1v) is 7.17. The van der Waals surface area contributed by atoms with Crippen LogP contribution in [0.3, 0.4) is 0 Å². The zero-order valence-corrected chi connectivity index (χ0v) is 12.8. The van der Waals surface area contributed by atoms with E-state index in [-0.39, 0.29) is 5.82 Å². The maximum atomic E-state index is 13.5. The normalized spacial score (nSPS) is 10.8. The zero-order valence-electron chi connectivity index (χ0n) is 12.1. The van der Waals surface area contributed by atoms with Crippen LogP contribution in [-0.2, 0) is 6.54 Å². The summed E-state index contributed by atoms with van der Waals surface area (Å²) in [4.78, 5) is 0. The maximum Gasteiger partial charge on any atom is 0.123 e. The number of halogens is 2. The summed E-state index contributed by atoms with van der Waals surface area (Å²) in [7, 11) is 0. The van der Waals surface area contributed by atoms with E-state index < -0.39 is 0 Å². The molecule has 2 aromatic rings. The van der Waals surface area contributed by atoms with Crippen LogP contribution in [-0.4, -0.2) is 6.54 Å². The molecule has 0 aliphatic carbocycles. The molecule has 2 rings (SSSR count). The van der Waals surface area contributed by atoms with Crippen molar-refractivity contribution in [2.24, 2.45) is 0 Å². The van der Waals surface area contributed by atoms with Crippen molar-refractivity contribution in [3.63, 3.8) is 0 Å². The highest BCUT2D eigenvalue weighted by Crippen LogP contribution is 2.31. The lowest BCUT2D eigenvalue weighted by Gasteiger charge is -2.14. The Hall–Kier alpha value is -1.38. The van der Waals surface area contributed by atoms with Crippen molar-refractivity contribution in [1.29, 1.82) is 0 Å². The monoisotopic (exact) mass is 291 g/mol. The van der Waals surface area contributed by atoms with Crippen LogP contribution < -0.4 is 5.32 Å². The molecule has 0 bridgehead atoms. The second-order valence-electron chi connectivity index (χ2n) is 5.00. The number of rotatable bonds is 4. The minimum Gasteiger partial charge on any atom is -0.313 e. The van der Waals surface area contributed by atoms with E-state index in [1.807, 2.05) is 32.9 Å². The van der Waals surface area contributed by atoms with Crippen LogP contribution in [0.25, 0.3) is 11.1 Å². The van der Waals surface area contributed by atoms with Gasteiger partial charge in [-0.3, -0.25) is 0 Å². The highest BCUT2D eigenvalue weighted by atomic mass is 35.5. The van der Waals surface area contributed by atoms with Gasteiger partial charge < -0.3 is 5.32 Å². The van der Waals surface area contributed by atoms with E-state index in [1.165, 1.54) is 6.07 Å². The van der Waals surface area contributed by atoms with E-state index >= 15 is 0 Å². The molecule has 3 heteroatoms. The van der Waals surface area contributed by atoms with E-state index in [9.17, 15) is 4.39 Å². The van der Waals surface area contributed by atoms with Gasteiger partial charge in [-0.2, -0.15) is 0 Å². The predicted octanol–water partition coefficient (Wildman–Crippen LogP) is 4.87. The van der Waals surface area contributed by atoms with Gasteiger partial charge in [0, 0.05) is 11.6 Å². The topological polar surface area (TPSA) is 12.0 Å². The minimum absolute atomic E-state index is 0.204. The molecule has 0 spiro atoms. The molecular weight excluding hydrogens is 273 g/mol. The van der Waals surface area contributed by atoms with Gasteiger partial charge in [0.15, 0.2) is 0 Å². The van der Waals surface area contributed by atoms with Gasteiger partial charge >= 0.3 is 0 Å². The fourth-order valence-electron chi connectivity index (χ4n) is 2.30. The van der Waals surface area contributed by atoms with Gasteiger partial charge in [0.05, 0.1) is 0 Å². The highest BCUT2D eigenvalue weighted by molar-refractivity contribution is 6.31. The molecule has 0 radical (unpaired) electrons. The van der Waals surface area contributed by atoms with Crippen molar-refractivity contribution in [2.45, 2.75) is 27.3 Å². The smallest absolute Gasteiger partial charge is 0.123 e. The van der Waals surface area contributed by atoms with E-state index in [0.717, 1.165) is 39.4 Å². The summed E-state index contributed by atoms with van der Waals surface area (Å²) >= 11 is 6.15. The summed E-state index contributed by atoms with van der Waals surface area (Å²) in [5, 5.41) is 4.02. The molecular formula is C17H19ClFN. The van der Waals surface area contributed by atoms with Crippen molar-refractivity contribution in [3.8, 4) is 11.1 Å². The Balaban J connectivity index is 2.54. The summed E-state index contributed by atoms with van der Waals surface area (Å²) in [5.41, 5.74) is 5.28. The molecule has 0 aliphatic rings. The highest BCUT2D eigenvalue weighted by Gasteiger charge is 2.10. The Morgan fingerprint density at radius 1 is 1.05 bits per heavy atom. The molecule has 0 saturated heterocycles. The number of aryl methyl sites for hydroxylation is 2. The Morgan fingerprint density at radius 3 is 2.50 bits per heavy atom. The molecule has 0 unspecified atom stereocenters. The van der Waals surface area contributed by atoms with Crippen LogP contribution in [0.5, 0.6) is 0 Å². The largest absolute Gasteiger partial charge is 0.313 e. The van der Waals surface area contributed by atoms with Crippen molar-refractivity contribution in [2.75, 3.05) is 6.54 Å². The molecule has 0 heterocycles. The second kappa shape index (κ2) is 6.38. The maximum absolute atomic E-state index is 13.5. The molecule has 0 aliphatic heterocycles. The van der Waals surface area contributed by atoms with Crippen molar-refractivity contribution in [3.05, 3.63) is 57.9 Å². The molecule has 0 aromatic heterocycles. The number of hydrogen-bond acceptors (Lipinski definition) is 1. The van der Waals surface area contributed by atoms with Crippen LogP contribution in [0.15, 0.2) is 30.3 Å². The summed E-state index contributed by atoms with van der Waals surface area (Å²) < 4.78 is 13.5. The fraction of sp³-hybridized carbons (Fsp3) is 0.294. The first-order valence-electron chi connectivity index (χ1n) is 6.79. The van der Waals surface area contributed by atoms with Gasteiger partial charge in [-0.15, -0.1) is 0 Å². The first kappa shape index (κ1) is 15.0. The molecule has 1 N–H and O–H groups in total. The standard InChI is InChI=1S/C17H19ClFN/c1-4-20-10-13-9-14(19)5-6-15(13)16-7-12(3)17(18)8-11(16)2/h5-9,20H,4,10H2,1-3H3. The van der Waals surface area contributed by atoms with Gasteiger partial charge in [-0.1, -0.05) is 24.6 Å². The van der Waals surface area contributed by atoms with E-state index in [1.54, 1.807) is 6.07 Å². The third-order valence-electron chi connectivity index (χ3n) is 3.43. The molecule has 0 fully saturated rings. The average Bonchev–Trinajstić information content (AvgIpc) is 2.41. The third kappa shape index (κ3) is 3.20. The predicted molar refractivity (Wildman–Crippen MR) is 83.7 cm³/mol. The molecule has 0 amide bonds. The summed E-state index contributed by atoms with van der Waals surface area (Å²) in [6, 6.07) is 8.99. The van der Waals surface area contributed by atoms with E-state index in [2.05, 4.69) is 11.4 Å². The summed E-state index contributed by atoms with van der Waals surface area (Å²) in [5.74, 6) is -0.204. The lowest BCUT2D eigenvalue weighted by Crippen LogP contribution is -2.12. The van der Waals surface area contributed by atoms with Crippen LogP contribution >= 0.6 is 11.6 Å². The van der Waals surface area contributed by atoms with Gasteiger partial charge in [-0.05, 0) is 72.5 Å².